The molecule has 29 heavy (non-hydrogen) atoms. The summed E-state index contributed by atoms with van der Waals surface area (Å²) in [6, 6.07) is 16.5. The van der Waals surface area contributed by atoms with E-state index in [2.05, 4.69) is 63.3 Å². The fourth-order valence-corrected chi connectivity index (χ4v) is 5.51. The molecule has 3 nitrogen and oxygen atoms in total. The number of fused-ring (bicyclic) bond motifs is 1. The van der Waals surface area contributed by atoms with E-state index in [0.717, 1.165) is 44.7 Å². The predicted molar refractivity (Wildman–Crippen MR) is 125 cm³/mol. The Kier molecular flexibility index (Phi) is 5.97. The van der Waals surface area contributed by atoms with Crippen molar-refractivity contribution in [2.75, 3.05) is 5.75 Å². The van der Waals surface area contributed by atoms with Crippen LogP contribution in [-0.4, -0.2) is 20.6 Å². The number of hydrogen-bond acceptors (Lipinski definition) is 4. The second-order valence-electron chi connectivity index (χ2n) is 7.41. The van der Waals surface area contributed by atoms with Crippen molar-refractivity contribution in [2.24, 2.45) is 0 Å². The molecule has 0 radical (unpaired) electrons. The zero-order valence-electron chi connectivity index (χ0n) is 16.9. The van der Waals surface area contributed by atoms with Crippen LogP contribution < -0.4 is 5.56 Å². The number of hydrogen-bond donors (Lipinski definition) is 0. The van der Waals surface area contributed by atoms with Gasteiger partial charge in [-0.05, 0) is 42.7 Å². The third-order valence-electron chi connectivity index (χ3n) is 4.76. The SMILES string of the molecule is Cc1cc(C)cc(-n2c(SCC=Cc3ccccc3)nc3c(c2=O)SC(C)C3)c1. The normalized spacial score (nSPS) is 15.8. The smallest absolute Gasteiger partial charge is 0.268 e. The number of benzene rings is 2. The van der Waals surface area contributed by atoms with Crippen LogP contribution in [0.2, 0.25) is 0 Å². The molecule has 0 N–H and O–H groups in total. The van der Waals surface area contributed by atoms with E-state index in [1.165, 1.54) is 5.56 Å². The van der Waals surface area contributed by atoms with Crippen molar-refractivity contribution in [2.45, 2.75) is 42.5 Å². The van der Waals surface area contributed by atoms with E-state index in [1.54, 1.807) is 28.1 Å². The number of thioether (sulfide) groups is 2. The van der Waals surface area contributed by atoms with E-state index in [0.29, 0.717) is 5.25 Å². The number of nitrogens with zero attached hydrogens (tertiary/aromatic N) is 2. The van der Waals surface area contributed by atoms with Crippen LogP contribution in [0, 0.1) is 13.8 Å². The first-order valence-electron chi connectivity index (χ1n) is 9.77. The van der Waals surface area contributed by atoms with Gasteiger partial charge < -0.3 is 0 Å². The first-order valence-corrected chi connectivity index (χ1v) is 11.6. The Balaban J connectivity index is 1.70. The van der Waals surface area contributed by atoms with E-state index < -0.39 is 0 Å². The Morgan fingerprint density at radius 2 is 1.90 bits per heavy atom. The Morgan fingerprint density at radius 1 is 1.17 bits per heavy atom. The molecule has 1 unspecified atom stereocenters. The van der Waals surface area contributed by atoms with Crippen molar-refractivity contribution >= 4 is 29.6 Å². The summed E-state index contributed by atoms with van der Waals surface area (Å²) < 4.78 is 1.80. The van der Waals surface area contributed by atoms with Crippen LogP contribution in [0.15, 0.2) is 69.5 Å². The Morgan fingerprint density at radius 3 is 2.62 bits per heavy atom. The molecule has 2 heterocycles. The molecule has 1 aliphatic rings. The lowest BCUT2D eigenvalue weighted by Crippen LogP contribution is -2.24. The molecule has 0 aliphatic carbocycles. The van der Waals surface area contributed by atoms with Crippen LogP contribution in [0.1, 0.15) is 29.3 Å². The summed E-state index contributed by atoms with van der Waals surface area (Å²) >= 11 is 3.26. The van der Waals surface area contributed by atoms with E-state index in [-0.39, 0.29) is 5.56 Å². The summed E-state index contributed by atoms with van der Waals surface area (Å²) in [6.07, 6.45) is 5.09. The van der Waals surface area contributed by atoms with Gasteiger partial charge in [-0.15, -0.1) is 11.8 Å². The molecule has 4 rings (SSSR count). The Hall–Kier alpha value is -2.24. The number of aromatic nitrogens is 2. The molecular weight excluding hydrogens is 396 g/mol. The first kappa shape index (κ1) is 20.0. The average molecular weight is 421 g/mol. The quantitative estimate of drug-likeness (QED) is 0.392. The van der Waals surface area contributed by atoms with E-state index in [9.17, 15) is 4.79 Å². The lowest BCUT2D eigenvalue weighted by Gasteiger charge is -2.14. The van der Waals surface area contributed by atoms with Gasteiger partial charge in [-0.3, -0.25) is 9.36 Å². The predicted octanol–water partition coefficient (Wildman–Crippen LogP) is 5.69. The third kappa shape index (κ3) is 4.51. The average Bonchev–Trinajstić information content (AvgIpc) is 3.06. The maximum absolute atomic E-state index is 13.4. The largest absolute Gasteiger partial charge is 0.272 e. The molecule has 0 amide bonds. The standard InChI is InChI=1S/C24H24N2OS2/c1-16-12-17(2)14-20(13-16)26-23(27)22-21(15-18(3)29-22)25-24(26)28-11-7-10-19-8-5-4-6-9-19/h4-10,12-14,18H,11,15H2,1-3H3. The van der Waals surface area contributed by atoms with Crippen LogP contribution in [0.4, 0.5) is 0 Å². The van der Waals surface area contributed by atoms with Crippen molar-refractivity contribution in [3.8, 4) is 5.69 Å². The molecule has 0 saturated carbocycles. The lowest BCUT2D eigenvalue weighted by atomic mass is 10.1. The summed E-state index contributed by atoms with van der Waals surface area (Å²) in [5, 5.41) is 1.17. The van der Waals surface area contributed by atoms with Crippen LogP contribution in [0.25, 0.3) is 11.8 Å². The zero-order valence-corrected chi connectivity index (χ0v) is 18.5. The van der Waals surface area contributed by atoms with Gasteiger partial charge in [0.15, 0.2) is 5.16 Å². The van der Waals surface area contributed by atoms with E-state index in [4.69, 9.17) is 4.98 Å². The topological polar surface area (TPSA) is 34.9 Å². The highest BCUT2D eigenvalue weighted by Gasteiger charge is 2.26. The molecular formula is C24H24N2OS2. The van der Waals surface area contributed by atoms with Gasteiger partial charge in [-0.1, -0.05) is 67.2 Å². The highest BCUT2D eigenvalue weighted by Crippen LogP contribution is 2.35. The molecule has 148 valence electrons. The molecule has 1 aliphatic heterocycles. The van der Waals surface area contributed by atoms with Gasteiger partial charge in [0.2, 0.25) is 0 Å². The highest BCUT2D eigenvalue weighted by molar-refractivity contribution is 8.00. The third-order valence-corrected chi connectivity index (χ3v) is 6.87. The Bertz CT molecular complexity index is 1100. The van der Waals surface area contributed by atoms with Crippen molar-refractivity contribution in [1.82, 2.24) is 9.55 Å². The van der Waals surface area contributed by atoms with Gasteiger partial charge in [-0.25, -0.2) is 4.98 Å². The molecule has 3 aromatic rings. The Labute approximate surface area is 180 Å². The van der Waals surface area contributed by atoms with E-state index >= 15 is 0 Å². The first-order chi connectivity index (χ1) is 14.0. The van der Waals surface area contributed by atoms with E-state index in [1.807, 2.05) is 18.2 Å². The second-order valence-corrected chi connectivity index (χ2v) is 9.85. The second kappa shape index (κ2) is 8.64. The van der Waals surface area contributed by atoms with Gasteiger partial charge in [0.1, 0.15) is 0 Å². The minimum Gasteiger partial charge on any atom is -0.268 e. The van der Waals surface area contributed by atoms with Crippen molar-refractivity contribution in [3.63, 3.8) is 0 Å². The van der Waals surface area contributed by atoms with Crippen LogP contribution in [0.3, 0.4) is 0 Å². The molecule has 0 fully saturated rings. The van der Waals surface area contributed by atoms with Gasteiger partial charge in [-0.2, -0.15) is 0 Å². The molecule has 2 aromatic carbocycles. The van der Waals surface area contributed by atoms with Gasteiger partial charge in [0.05, 0.1) is 16.3 Å². The summed E-state index contributed by atoms with van der Waals surface area (Å²) in [4.78, 5) is 19.1. The van der Waals surface area contributed by atoms with Gasteiger partial charge in [0, 0.05) is 17.4 Å². The maximum Gasteiger partial charge on any atom is 0.272 e. The summed E-state index contributed by atoms with van der Waals surface area (Å²) in [7, 11) is 0. The van der Waals surface area contributed by atoms with Gasteiger partial charge in [0.25, 0.3) is 5.56 Å². The lowest BCUT2D eigenvalue weighted by molar-refractivity contribution is 0.731. The summed E-state index contributed by atoms with van der Waals surface area (Å²) in [5.74, 6) is 0.758. The number of aryl methyl sites for hydroxylation is 2. The monoisotopic (exact) mass is 420 g/mol. The molecule has 0 bridgehead atoms. The molecule has 0 saturated heterocycles. The summed E-state index contributed by atoms with van der Waals surface area (Å²) in [6.45, 7) is 6.28. The fourth-order valence-electron chi connectivity index (χ4n) is 3.58. The van der Waals surface area contributed by atoms with Gasteiger partial charge >= 0.3 is 0 Å². The van der Waals surface area contributed by atoms with Crippen LogP contribution >= 0.6 is 23.5 Å². The molecule has 1 atom stereocenters. The van der Waals surface area contributed by atoms with Crippen molar-refractivity contribution in [1.29, 1.82) is 0 Å². The minimum absolute atomic E-state index is 0.0592. The van der Waals surface area contributed by atoms with Crippen molar-refractivity contribution < 1.29 is 0 Å². The van der Waals surface area contributed by atoms with Crippen molar-refractivity contribution in [3.05, 3.63) is 87.3 Å². The fraction of sp³-hybridized carbons (Fsp3) is 0.250. The molecule has 1 aromatic heterocycles. The summed E-state index contributed by atoms with van der Waals surface area (Å²) in [5.41, 5.74) is 5.37. The molecule has 5 heteroatoms. The minimum atomic E-state index is 0.0592. The van der Waals surface area contributed by atoms with Crippen LogP contribution in [-0.2, 0) is 6.42 Å². The van der Waals surface area contributed by atoms with Crippen LogP contribution in [0.5, 0.6) is 0 Å². The maximum atomic E-state index is 13.4. The zero-order chi connectivity index (χ0) is 20.4. The highest BCUT2D eigenvalue weighted by atomic mass is 32.2. The molecule has 0 spiro atoms. The number of rotatable bonds is 5.